The highest BCUT2D eigenvalue weighted by atomic mass is 35.5. The predicted octanol–water partition coefficient (Wildman–Crippen LogP) is 4.98. The minimum Gasteiger partial charge on any atom is -0.359 e. The van der Waals surface area contributed by atoms with Crippen LogP contribution in [0.25, 0.3) is 10.9 Å². The van der Waals surface area contributed by atoms with E-state index < -0.39 is 6.04 Å². The third-order valence-corrected chi connectivity index (χ3v) is 8.40. The molecular formula is C26H30ClN5O3S. The molecule has 5 rings (SSSR count). The largest absolute Gasteiger partial charge is 0.359 e. The first kappa shape index (κ1) is 24.9. The first-order valence-corrected chi connectivity index (χ1v) is 13.9. The Bertz CT molecular complexity index is 1310. The third kappa shape index (κ3) is 5.47. The first-order chi connectivity index (χ1) is 17.5. The van der Waals surface area contributed by atoms with Crippen LogP contribution in [0.15, 0.2) is 35.5 Å². The first-order valence-electron chi connectivity index (χ1n) is 12.7. The minimum absolute atomic E-state index is 0.0423. The lowest BCUT2D eigenvalue weighted by molar-refractivity contribution is -0.126. The molecule has 10 heteroatoms. The number of hydrogen-bond acceptors (Lipinski definition) is 7. The number of carbonyl (C=O) groups excluding carboxylic acids is 2. The molecule has 0 aliphatic heterocycles. The average molecular weight is 528 g/mol. The zero-order valence-corrected chi connectivity index (χ0v) is 21.6. The molecule has 0 spiro atoms. The fourth-order valence-corrected chi connectivity index (χ4v) is 6.17. The highest BCUT2D eigenvalue weighted by molar-refractivity contribution is 7.19. The Balaban J connectivity index is 1.42. The van der Waals surface area contributed by atoms with Gasteiger partial charge in [-0.3, -0.25) is 19.0 Å². The molecule has 8 nitrogen and oxygen atoms in total. The van der Waals surface area contributed by atoms with E-state index in [0.717, 1.165) is 57.8 Å². The molecule has 2 heterocycles. The van der Waals surface area contributed by atoms with E-state index in [1.165, 1.54) is 22.2 Å². The van der Waals surface area contributed by atoms with Gasteiger partial charge in [0, 0.05) is 24.1 Å². The van der Waals surface area contributed by atoms with Crippen LogP contribution in [0.4, 0.5) is 5.13 Å². The second-order valence-electron chi connectivity index (χ2n) is 9.75. The van der Waals surface area contributed by atoms with Gasteiger partial charge in [-0.25, -0.2) is 9.97 Å². The number of amides is 1. The Hall–Kier alpha value is -2.78. The van der Waals surface area contributed by atoms with Crippen LogP contribution in [0.5, 0.6) is 0 Å². The monoisotopic (exact) mass is 527 g/mol. The van der Waals surface area contributed by atoms with Crippen molar-refractivity contribution in [2.75, 3.05) is 11.9 Å². The van der Waals surface area contributed by atoms with E-state index in [4.69, 9.17) is 11.6 Å². The van der Waals surface area contributed by atoms with Gasteiger partial charge in [-0.1, -0.05) is 55.0 Å². The minimum atomic E-state index is -0.717. The normalized spacial score (nSPS) is 17.8. The Morgan fingerprint density at radius 3 is 2.56 bits per heavy atom. The molecule has 2 fully saturated rings. The van der Waals surface area contributed by atoms with Gasteiger partial charge < -0.3 is 10.6 Å². The summed E-state index contributed by atoms with van der Waals surface area (Å²) in [6.07, 6.45) is 12.1. The SMILES string of the molecule is O=C(NC1CCCC1)c1ccc2c(=O)n(C(CNc3ncc(Cl)s3)C(=O)C3CCCCC3)cnc2c1. The number of rotatable bonds is 8. The van der Waals surface area contributed by atoms with Crippen molar-refractivity contribution in [3.63, 3.8) is 0 Å². The van der Waals surface area contributed by atoms with Crippen LogP contribution in [0.1, 0.15) is 74.2 Å². The van der Waals surface area contributed by atoms with Crippen LogP contribution in [0, 0.1) is 5.92 Å². The number of benzene rings is 1. The molecule has 2 aliphatic rings. The van der Waals surface area contributed by atoms with E-state index in [1.54, 1.807) is 24.4 Å². The van der Waals surface area contributed by atoms with E-state index in [0.29, 0.717) is 25.9 Å². The number of anilines is 1. The molecule has 2 aromatic heterocycles. The maximum atomic E-state index is 13.6. The van der Waals surface area contributed by atoms with Crippen LogP contribution < -0.4 is 16.2 Å². The van der Waals surface area contributed by atoms with Crippen LogP contribution in [0.2, 0.25) is 4.34 Å². The van der Waals surface area contributed by atoms with Crippen molar-refractivity contribution in [1.29, 1.82) is 0 Å². The van der Waals surface area contributed by atoms with E-state index >= 15 is 0 Å². The topological polar surface area (TPSA) is 106 Å². The quantitative estimate of drug-likeness (QED) is 0.428. The smallest absolute Gasteiger partial charge is 0.261 e. The van der Waals surface area contributed by atoms with Crippen molar-refractivity contribution in [3.05, 3.63) is 51.0 Å². The molecule has 2 saturated carbocycles. The standard InChI is InChI=1S/C26H30ClN5O3S/c27-22-14-29-26(36-22)28-13-21(23(33)16-6-2-1-3-7-16)32-15-30-20-12-17(10-11-19(20)25(32)35)24(34)31-18-8-4-5-9-18/h10-12,14-16,18,21H,1-9,13H2,(H,28,29)(H,31,34). The number of hydrogen-bond donors (Lipinski definition) is 2. The number of halogens is 1. The molecule has 2 N–H and O–H groups in total. The lowest BCUT2D eigenvalue weighted by Gasteiger charge is -2.26. The summed E-state index contributed by atoms with van der Waals surface area (Å²) in [5.41, 5.74) is 0.630. The van der Waals surface area contributed by atoms with Gasteiger partial charge in [0.25, 0.3) is 11.5 Å². The maximum absolute atomic E-state index is 13.6. The summed E-state index contributed by atoms with van der Waals surface area (Å²) in [6, 6.07) is 4.44. The van der Waals surface area contributed by atoms with Gasteiger partial charge in [0.05, 0.1) is 23.4 Å². The molecule has 2 aliphatic carbocycles. The summed E-state index contributed by atoms with van der Waals surface area (Å²) in [7, 11) is 0. The molecule has 1 amide bonds. The summed E-state index contributed by atoms with van der Waals surface area (Å²) in [5.74, 6) is -0.179. The summed E-state index contributed by atoms with van der Waals surface area (Å²) >= 11 is 7.29. The molecule has 1 unspecified atom stereocenters. The molecule has 0 bridgehead atoms. The molecule has 3 aromatic rings. The zero-order valence-electron chi connectivity index (χ0n) is 20.0. The number of nitrogens with zero attached hydrogens (tertiary/aromatic N) is 3. The van der Waals surface area contributed by atoms with Crippen LogP contribution in [0.3, 0.4) is 0 Å². The van der Waals surface area contributed by atoms with Gasteiger partial charge in [0.2, 0.25) is 0 Å². The van der Waals surface area contributed by atoms with Crippen LogP contribution in [-0.4, -0.2) is 38.8 Å². The van der Waals surface area contributed by atoms with Gasteiger partial charge in [-0.2, -0.15) is 0 Å². The van der Waals surface area contributed by atoms with Crippen LogP contribution >= 0.6 is 22.9 Å². The van der Waals surface area contributed by atoms with Crippen LogP contribution in [-0.2, 0) is 4.79 Å². The number of ketones is 1. The number of nitrogens with one attached hydrogen (secondary N) is 2. The Kier molecular flexibility index (Phi) is 7.67. The van der Waals surface area contributed by atoms with Crippen molar-refractivity contribution < 1.29 is 9.59 Å². The van der Waals surface area contributed by atoms with E-state index in [2.05, 4.69) is 20.6 Å². The van der Waals surface area contributed by atoms with Crippen molar-refractivity contribution in [2.24, 2.45) is 5.92 Å². The Morgan fingerprint density at radius 2 is 1.83 bits per heavy atom. The zero-order chi connectivity index (χ0) is 25.1. The number of fused-ring (bicyclic) bond motifs is 1. The van der Waals surface area contributed by atoms with Crippen molar-refractivity contribution in [3.8, 4) is 0 Å². The highest BCUT2D eigenvalue weighted by Gasteiger charge is 2.30. The van der Waals surface area contributed by atoms with Crippen molar-refractivity contribution >= 4 is 50.7 Å². The number of carbonyl (C=O) groups is 2. The Labute approximate surface area is 218 Å². The van der Waals surface area contributed by atoms with Gasteiger partial charge in [-0.15, -0.1) is 0 Å². The second kappa shape index (κ2) is 11.1. The molecule has 1 aromatic carbocycles. The van der Waals surface area contributed by atoms with Gasteiger partial charge in [-0.05, 0) is 43.9 Å². The highest BCUT2D eigenvalue weighted by Crippen LogP contribution is 2.29. The summed E-state index contributed by atoms with van der Waals surface area (Å²) < 4.78 is 1.98. The molecule has 190 valence electrons. The van der Waals surface area contributed by atoms with Gasteiger partial charge >= 0.3 is 0 Å². The summed E-state index contributed by atoms with van der Waals surface area (Å²) in [6.45, 7) is 0.216. The van der Waals surface area contributed by atoms with E-state index in [-0.39, 0.29) is 35.8 Å². The summed E-state index contributed by atoms with van der Waals surface area (Å²) in [5, 5.41) is 7.23. The average Bonchev–Trinajstić information content (AvgIpc) is 3.57. The lowest BCUT2D eigenvalue weighted by Crippen LogP contribution is -2.38. The van der Waals surface area contributed by atoms with E-state index in [1.807, 2.05) is 0 Å². The lowest BCUT2D eigenvalue weighted by atomic mass is 9.83. The number of aromatic nitrogens is 3. The molecule has 36 heavy (non-hydrogen) atoms. The Morgan fingerprint density at radius 1 is 1.08 bits per heavy atom. The van der Waals surface area contributed by atoms with Crippen molar-refractivity contribution in [1.82, 2.24) is 19.9 Å². The number of thiazole rings is 1. The van der Waals surface area contributed by atoms with Gasteiger partial charge in [0.15, 0.2) is 10.9 Å². The van der Waals surface area contributed by atoms with Crippen molar-refractivity contribution in [2.45, 2.75) is 69.9 Å². The molecule has 1 atom stereocenters. The second-order valence-corrected chi connectivity index (χ2v) is 11.4. The van der Waals surface area contributed by atoms with E-state index in [9.17, 15) is 14.4 Å². The fourth-order valence-electron chi connectivity index (χ4n) is 5.35. The molecular weight excluding hydrogens is 498 g/mol. The maximum Gasteiger partial charge on any atom is 0.261 e. The predicted molar refractivity (Wildman–Crippen MR) is 142 cm³/mol. The molecule has 0 radical (unpaired) electrons. The molecule has 0 saturated heterocycles. The number of Topliss-reactive ketones (excluding diaryl/α,β-unsaturated/α-hetero) is 1. The fraction of sp³-hybridized carbons (Fsp3) is 0.500. The third-order valence-electron chi connectivity index (χ3n) is 7.33. The van der Waals surface area contributed by atoms with Gasteiger partial charge in [0.1, 0.15) is 10.4 Å². The summed E-state index contributed by atoms with van der Waals surface area (Å²) in [4.78, 5) is 48.5.